The van der Waals surface area contributed by atoms with Crippen molar-refractivity contribution < 1.29 is 0 Å². The first-order chi connectivity index (χ1) is 5.99. The van der Waals surface area contributed by atoms with Gasteiger partial charge in [-0.05, 0) is 38.8 Å². The largest absolute Gasteiger partial charge is 0.296 e. The zero-order valence-electron chi connectivity index (χ0n) is 9.31. The maximum absolute atomic E-state index is 4.01. The maximum Gasteiger partial charge on any atom is 0.0280 e. The standard InChI is InChI=1S/C12H19N/c1-9(2)11(5)7-12(8-13-6)10(3)4/h7-8H,1H2,2-6H3/b11-7+,13-8-. The molecule has 0 saturated heterocycles. The van der Waals surface area contributed by atoms with E-state index in [1.807, 2.05) is 13.1 Å². The van der Waals surface area contributed by atoms with Crippen LogP contribution in [0.4, 0.5) is 0 Å². The van der Waals surface area contributed by atoms with Gasteiger partial charge < -0.3 is 0 Å². The molecule has 0 saturated carbocycles. The van der Waals surface area contributed by atoms with Gasteiger partial charge >= 0.3 is 0 Å². The molecule has 1 nitrogen and oxygen atoms in total. The monoisotopic (exact) mass is 177 g/mol. The van der Waals surface area contributed by atoms with Gasteiger partial charge in [-0.25, -0.2) is 0 Å². The van der Waals surface area contributed by atoms with Crippen molar-refractivity contribution >= 4 is 6.21 Å². The van der Waals surface area contributed by atoms with E-state index < -0.39 is 0 Å². The highest BCUT2D eigenvalue weighted by molar-refractivity contribution is 5.83. The van der Waals surface area contributed by atoms with Crippen molar-refractivity contribution in [1.29, 1.82) is 0 Å². The van der Waals surface area contributed by atoms with Crippen molar-refractivity contribution in [1.82, 2.24) is 0 Å². The van der Waals surface area contributed by atoms with Crippen molar-refractivity contribution in [2.24, 2.45) is 4.99 Å². The Bertz CT molecular complexity index is 273. The van der Waals surface area contributed by atoms with Crippen LogP contribution in [0, 0.1) is 0 Å². The molecule has 72 valence electrons. The molecule has 0 aromatic carbocycles. The Hall–Kier alpha value is -1.11. The van der Waals surface area contributed by atoms with Gasteiger partial charge in [0.1, 0.15) is 0 Å². The molecule has 0 bridgehead atoms. The van der Waals surface area contributed by atoms with Gasteiger partial charge in [-0.2, -0.15) is 0 Å². The van der Waals surface area contributed by atoms with Crippen molar-refractivity contribution in [2.75, 3.05) is 7.05 Å². The molecule has 0 rings (SSSR count). The van der Waals surface area contributed by atoms with E-state index in [1.54, 1.807) is 7.05 Å². The van der Waals surface area contributed by atoms with E-state index >= 15 is 0 Å². The molecule has 1 heteroatoms. The average molecular weight is 177 g/mol. The summed E-state index contributed by atoms with van der Waals surface area (Å²) in [6, 6.07) is 0. The van der Waals surface area contributed by atoms with Crippen LogP contribution in [0.3, 0.4) is 0 Å². The molecule has 0 aromatic heterocycles. The predicted molar refractivity (Wildman–Crippen MR) is 61.4 cm³/mol. The van der Waals surface area contributed by atoms with Gasteiger partial charge in [0.05, 0.1) is 0 Å². The quantitative estimate of drug-likeness (QED) is 0.462. The molecule has 0 unspecified atom stereocenters. The second-order valence-corrected chi connectivity index (χ2v) is 3.45. The van der Waals surface area contributed by atoms with Crippen molar-refractivity contribution in [3.05, 3.63) is 34.9 Å². The lowest BCUT2D eigenvalue weighted by Gasteiger charge is -2.01. The molecule has 13 heavy (non-hydrogen) atoms. The van der Waals surface area contributed by atoms with E-state index in [1.165, 1.54) is 16.7 Å². The van der Waals surface area contributed by atoms with Crippen LogP contribution in [0.1, 0.15) is 27.7 Å². The molecule has 0 fully saturated rings. The number of hydrogen-bond donors (Lipinski definition) is 0. The smallest absolute Gasteiger partial charge is 0.0280 e. The highest BCUT2D eigenvalue weighted by atomic mass is 14.6. The topological polar surface area (TPSA) is 12.4 Å². The summed E-state index contributed by atoms with van der Waals surface area (Å²) in [5.41, 5.74) is 4.74. The Morgan fingerprint density at radius 3 is 2.00 bits per heavy atom. The SMILES string of the molecule is C=C(C)/C(C)=C/C(/C=N\C)=C(C)C. The number of rotatable bonds is 3. The average Bonchev–Trinajstić information content (AvgIpc) is 2.03. The minimum absolute atomic E-state index is 1.10. The molecule has 0 atom stereocenters. The maximum atomic E-state index is 4.01. The van der Waals surface area contributed by atoms with Crippen LogP contribution in [-0.4, -0.2) is 13.3 Å². The van der Waals surface area contributed by atoms with E-state index in [-0.39, 0.29) is 0 Å². The summed E-state index contributed by atoms with van der Waals surface area (Å²) in [6.07, 6.45) is 3.99. The van der Waals surface area contributed by atoms with Gasteiger partial charge in [0, 0.05) is 13.3 Å². The van der Waals surface area contributed by atoms with E-state index in [4.69, 9.17) is 0 Å². The Labute approximate surface area is 81.6 Å². The third kappa shape index (κ3) is 4.46. The summed E-state index contributed by atoms with van der Waals surface area (Å²) in [5.74, 6) is 0. The Kier molecular flexibility index (Phi) is 5.05. The molecule has 0 N–H and O–H groups in total. The number of aliphatic imine (C=N–C) groups is 1. The highest BCUT2D eigenvalue weighted by Gasteiger charge is 1.94. The zero-order valence-corrected chi connectivity index (χ0v) is 9.31. The normalized spacial score (nSPS) is 11.9. The second kappa shape index (κ2) is 5.52. The van der Waals surface area contributed by atoms with Crippen LogP contribution in [-0.2, 0) is 0 Å². The molecule has 0 aliphatic heterocycles. The number of allylic oxidation sites excluding steroid dienone is 5. The molecular formula is C12H19N. The molecule has 0 spiro atoms. The highest BCUT2D eigenvalue weighted by Crippen LogP contribution is 2.11. The molecule has 0 aliphatic rings. The van der Waals surface area contributed by atoms with Gasteiger partial charge in [-0.1, -0.05) is 23.8 Å². The van der Waals surface area contributed by atoms with Crippen LogP contribution >= 0.6 is 0 Å². The van der Waals surface area contributed by atoms with Crippen LogP contribution in [0.15, 0.2) is 39.9 Å². The van der Waals surface area contributed by atoms with E-state index in [2.05, 4.69) is 38.4 Å². The first-order valence-electron chi connectivity index (χ1n) is 4.42. The van der Waals surface area contributed by atoms with Gasteiger partial charge in [0.25, 0.3) is 0 Å². The molecule has 0 heterocycles. The van der Waals surface area contributed by atoms with Crippen LogP contribution in [0.5, 0.6) is 0 Å². The fourth-order valence-electron chi connectivity index (χ4n) is 0.806. The summed E-state index contributed by atoms with van der Waals surface area (Å²) in [6.45, 7) is 12.1. The lowest BCUT2D eigenvalue weighted by atomic mass is 10.1. The summed E-state index contributed by atoms with van der Waals surface area (Å²) in [4.78, 5) is 4.01. The molecular weight excluding hydrogens is 158 g/mol. The summed E-state index contributed by atoms with van der Waals surface area (Å²) >= 11 is 0. The third-order valence-electron chi connectivity index (χ3n) is 1.89. The number of nitrogens with zero attached hydrogens (tertiary/aromatic N) is 1. The first-order valence-corrected chi connectivity index (χ1v) is 4.42. The van der Waals surface area contributed by atoms with Crippen molar-refractivity contribution in [3.8, 4) is 0 Å². The summed E-state index contributed by atoms with van der Waals surface area (Å²) in [5, 5.41) is 0. The fourth-order valence-corrected chi connectivity index (χ4v) is 0.806. The minimum atomic E-state index is 1.10. The van der Waals surface area contributed by atoms with E-state index in [0.717, 1.165) is 5.57 Å². The zero-order chi connectivity index (χ0) is 10.4. The first kappa shape index (κ1) is 11.9. The lowest BCUT2D eigenvalue weighted by Crippen LogP contribution is -1.87. The fraction of sp³-hybridized carbons (Fsp3) is 0.417. The molecule has 0 radical (unpaired) electrons. The van der Waals surface area contributed by atoms with Gasteiger partial charge in [0.15, 0.2) is 0 Å². The van der Waals surface area contributed by atoms with Gasteiger partial charge in [0.2, 0.25) is 0 Å². The van der Waals surface area contributed by atoms with Crippen LogP contribution < -0.4 is 0 Å². The predicted octanol–water partition coefficient (Wildman–Crippen LogP) is 3.55. The lowest BCUT2D eigenvalue weighted by molar-refractivity contribution is 1.31. The number of hydrogen-bond acceptors (Lipinski definition) is 1. The van der Waals surface area contributed by atoms with E-state index in [9.17, 15) is 0 Å². The van der Waals surface area contributed by atoms with Crippen molar-refractivity contribution in [3.63, 3.8) is 0 Å². The molecule has 0 aliphatic carbocycles. The minimum Gasteiger partial charge on any atom is -0.296 e. The van der Waals surface area contributed by atoms with Crippen LogP contribution in [0.25, 0.3) is 0 Å². The van der Waals surface area contributed by atoms with Crippen LogP contribution in [0.2, 0.25) is 0 Å². The Morgan fingerprint density at radius 2 is 1.69 bits per heavy atom. The second-order valence-electron chi connectivity index (χ2n) is 3.45. The Morgan fingerprint density at radius 1 is 1.15 bits per heavy atom. The Balaban J connectivity index is 4.93. The molecule has 0 aromatic rings. The van der Waals surface area contributed by atoms with Gasteiger partial charge in [-0.15, -0.1) is 0 Å². The third-order valence-corrected chi connectivity index (χ3v) is 1.89. The van der Waals surface area contributed by atoms with E-state index in [0.29, 0.717) is 0 Å². The summed E-state index contributed by atoms with van der Waals surface area (Å²) in [7, 11) is 1.78. The van der Waals surface area contributed by atoms with Gasteiger partial charge in [-0.3, -0.25) is 4.99 Å². The summed E-state index contributed by atoms with van der Waals surface area (Å²) < 4.78 is 0. The van der Waals surface area contributed by atoms with Crippen molar-refractivity contribution in [2.45, 2.75) is 27.7 Å². The molecule has 0 amide bonds.